The maximum absolute atomic E-state index is 11.1. The van der Waals surface area contributed by atoms with Crippen LogP contribution >= 0.6 is 37.9 Å². The van der Waals surface area contributed by atoms with Crippen LogP contribution in [0.5, 0.6) is 0 Å². The van der Waals surface area contributed by atoms with Crippen LogP contribution in [0.1, 0.15) is 40.0 Å². The summed E-state index contributed by atoms with van der Waals surface area (Å²) in [5.74, 6) is 0. The summed E-state index contributed by atoms with van der Waals surface area (Å²) in [5, 5.41) is 41.0. The fourth-order valence-electron chi connectivity index (χ4n) is 2.88. The van der Waals surface area contributed by atoms with Crippen LogP contribution < -0.4 is 0 Å². The van der Waals surface area contributed by atoms with Crippen LogP contribution in [0.3, 0.4) is 0 Å². The summed E-state index contributed by atoms with van der Waals surface area (Å²) in [6.07, 6.45) is -0.349. The topological polar surface area (TPSA) is 80.9 Å². The average Bonchev–Trinajstić information content (AvgIpc) is 2.27. The molecule has 4 N–H and O–H groups in total. The minimum atomic E-state index is -1.47. The molecule has 0 saturated carbocycles. The van der Waals surface area contributed by atoms with Gasteiger partial charge in [0.1, 0.15) is 0 Å². The van der Waals surface area contributed by atoms with Crippen LogP contribution in [0.4, 0.5) is 0 Å². The Labute approximate surface area is 144 Å². The standard InChI is InChI=1S/C14H30O4S3/c1-9(19)4-12(17)13(7-15,8-16)14(18,5-10(2)20)6-11(3)21/h9-12,15-21H,4-8H2,1-3H3. The van der Waals surface area contributed by atoms with Gasteiger partial charge in [-0.15, -0.1) is 0 Å². The van der Waals surface area contributed by atoms with E-state index in [1.165, 1.54) is 0 Å². The van der Waals surface area contributed by atoms with Crippen LogP contribution in [0.2, 0.25) is 0 Å². The zero-order valence-corrected chi connectivity index (χ0v) is 15.7. The van der Waals surface area contributed by atoms with Crippen LogP contribution in [-0.2, 0) is 0 Å². The van der Waals surface area contributed by atoms with Crippen molar-refractivity contribution in [3.8, 4) is 0 Å². The van der Waals surface area contributed by atoms with Crippen molar-refractivity contribution in [2.24, 2.45) is 5.41 Å². The van der Waals surface area contributed by atoms with Gasteiger partial charge >= 0.3 is 0 Å². The molecule has 128 valence electrons. The molecule has 4 nitrogen and oxygen atoms in total. The molecule has 0 bridgehead atoms. The van der Waals surface area contributed by atoms with E-state index in [4.69, 9.17) is 0 Å². The van der Waals surface area contributed by atoms with Gasteiger partial charge in [0.2, 0.25) is 0 Å². The lowest BCUT2D eigenvalue weighted by Crippen LogP contribution is -2.61. The molecular weight excluding hydrogens is 328 g/mol. The van der Waals surface area contributed by atoms with Gasteiger partial charge < -0.3 is 20.4 Å². The number of hydrogen-bond acceptors (Lipinski definition) is 7. The minimum absolute atomic E-state index is 0.122. The van der Waals surface area contributed by atoms with Crippen molar-refractivity contribution in [1.29, 1.82) is 0 Å². The Morgan fingerprint density at radius 1 is 0.857 bits per heavy atom. The average molecular weight is 359 g/mol. The largest absolute Gasteiger partial charge is 0.395 e. The maximum atomic E-state index is 11.1. The van der Waals surface area contributed by atoms with Crippen LogP contribution in [0, 0.1) is 5.41 Å². The SMILES string of the molecule is CC(S)CC(O)C(CO)(CO)C(O)(CC(C)S)CC(C)S. The molecule has 4 atom stereocenters. The van der Waals surface area contributed by atoms with Gasteiger partial charge in [-0.25, -0.2) is 0 Å². The summed E-state index contributed by atoms with van der Waals surface area (Å²) in [4.78, 5) is 0. The molecule has 7 heteroatoms. The Hall–Kier alpha value is 0.890. The molecule has 0 radical (unpaired) electrons. The van der Waals surface area contributed by atoms with Crippen molar-refractivity contribution in [3.05, 3.63) is 0 Å². The molecule has 0 fully saturated rings. The van der Waals surface area contributed by atoms with Gasteiger partial charge in [-0.3, -0.25) is 0 Å². The van der Waals surface area contributed by atoms with Crippen molar-refractivity contribution in [2.45, 2.75) is 67.5 Å². The Kier molecular flexibility index (Phi) is 9.64. The van der Waals surface area contributed by atoms with E-state index in [0.717, 1.165) is 0 Å². The van der Waals surface area contributed by atoms with Crippen molar-refractivity contribution in [3.63, 3.8) is 0 Å². The first-order chi connectivity index (χ1) is 9.54. The first kappa shape index (κ1) is 21.9. The summed E-state index contributed by atoms with van der Waals surface area (Å²) in [6, 6.07) is 0. The molecular formula is C14H30O4S3. The Balaban J connectivity index is 5.67. The van der Waals surface area contributed by atoms with Crippen molar-refractivity contribution in [1.82, 2.24) is 0 Å². The molecule has 0 aromatic carbocycles. The first-order valence-electron chi connectivity index (χ1n) is 7.21. The zero-order chi connectivity index (χ0) is 16.8. The molecule has 0 saturated heterocycles. The number of rotatable bonds is 10. The molecule has 4 unspecified atom stereocenters. The summed E-state index contributed by atoms with van der Waals surface area (Å²) < 4.78 is 0. The van der Waals surface area contributed by atoms with E-state index in [0.29, 0.717) is 0 Å². The van der Waals surface area contributed by atoms with Gasteiger partial charge in [0, 0.05) is 15.7 Å². The summed E-state index contributed by atoms with van der Waals surface area (Å²) in [7, 11) is 0. The lowest BCUT2D eigenvalue weighted by atomic mass is 9.64. The lowest BCUT2D eigenvalue weighted by molar-refractivity contribution is -0.191. The fraction of sp³-hybridized carbons (Fsp3) is 1.00. The van der Waals surface area contributed by atoms with E-state index >= 15 is 0 Å². The number of aliphatic hydroxyl groups excluding tert-OH is 3. The van der Waals surface area contributed by atoms with Gasteiger partial charge in [0.05, 0.1) is 30.3 Å². The molecule has 0 aliphatic heterocycles. The highest BCUT2D eigenvalue weighted by Gasteiger charge is 2.54. The molecule has 0 aliphatic rings. The zero-order valence-electron chi connectivity index (χ0n) is 13.0. The van der Waals surface area contributed by atoms with Crippen molar-refractivity contribution < 1.29 is 20.4 Å². The molecule has 0 aliphatic carbocycles. The van der Waals surface area contributed by atoms with Gasteiger partial charge in [-0.2, -0.15) is 37.9 Å². The van der Waals surface area contributed by atoms with Gasteiger partial charge in [0.15, 0.2) is 0 Å². The molecule has 0 aromatic rings. The molecule has 21 heavy (non-hydrogen) atoms. The quantitative estimate of drug-likeness (QED) is 0.299. The van der Waals surface area contributed by atoms with Crippen molar-refractivity contribution in [2.75, 3.05) is 13.2 Å². The predicted molar refractivity (Wildman–Crippen MR) is 96.8 cm³/mol. The third kappa shape index (κ3) is 5.79. The predicted octanol–water partition coefficient (Wildman–Crippen LogP) is 1.17. The molecule has 0 amide bonds. The normalized spacial score (nSPS) is 21.4. The second-order valence-corrected chi connectivity index (χ2v) is 8.86. The highest BCUT2D eigenvalue weighted by molar-refractivity contribution is 7.81. The number of thiol groups is 3. The molecule has 0 aromatic heterocycles. The fourth-order valence-corrected chi connectivity index (χ4v) is 3.68. The smallest absolute Gasteiger partial charge is 0.0793 e. The van der Waals surface area contributed by atoms with E-state index < -0.39 is 30.3 Å². The van der Waals surface area contributed by atoms with Gasteiger partial charge in [0.25, 0.3) is 0 Å². The van der Waals surface area contributed by atoms with Crippen LogP contribution in [0.25, 0.3) is 0 Å². The summed E-state index contributed by atoms with van der Waals surface area (Å²) in [6.45, 7) is 4.41. The van der Waals surface area contributed by atoms with E-state index in [-0.39, 0.29) is 35.0 Å². The Morgan fingerprint density at radius 3 is 1.48 bits per heavy atom. The highest BCUT2D eigenvalue weighted by atomic mass is 32.1. The van der Waals surface area contributed by atoms with Gasteiger partial charge in [-0.1, -0.05) is 20.8 Å². The van der Waals surface area contributed by atoms with Gasteiger partial charge in [-0.05, 0) is 19.3 Å². The van der Waals surface area contributed by atoms with E-state index in [1.807, 2.05) is 20.8 Å². The molecule has 0 heterocycles. The second kappa shape index (κ2) is 9.25. The second-order valence-electron chi connectivity index (χ2n) is 6.21. The lowest BCUT2D eigenvalue weighted by Gasteiger charge is -2.50. The van der Waals surface area contributed by atoms with Crippen molar-refractivity contribution >= 4 is 37.9 Å². The third-order valence-corrected chi connectivity index (χ3v) is 4.54. The highest BCUT2D eigenvalue weighted by Crippen LogP contribution is 2.44. The minimum Gasteiger partial charge on any atom is -0.395 e. The number of hydrogen-bond donors (Lipinski definition) is 7. The number of aliphatic hydroxyl groups is 4. The Morgan fingerprint density at radius 2 is 1.24 bits per heavy atom. The summed E-state index contributed by atoms with van der Waals surface area (Å²) in [5.41, 5.74) is -2.90. The van der Waals surface area contributed by atoms with E-state index in [1.54, 1.807) is 0 Å². The van der Waals surface area contributed by atoms with Crippen LogP contribution in [0.15, 0.2) is 0 Å². The van der Waals surface area contributed by atoms with E-state index in [2.05, 4.69) is 37.9 Å². The van der Waals surface area contributed by atoms with Crippen LogP contribution in [-0.4, -0.2) is 61.1 Å². The van der Waals surface area contributed by atoms with E-state index in [9.17, 15) is 20.4 Å². The molecule has 0 rings (SSSR count). The summed E-state index contributed by atoms with van der Waals surface area (Å²) >= 11 is 12.9. The maximum Gasteiger partial charge on any atom is 0.0793 e. The third-order valence-electron chi connectivity index (χ3n) is 3.96. The Bertz CT molecular complexity index is 284. The monoisotopic (exact) mass is 358 g/mol. The molecule has 0 spiro atoms. The first-order valence-corrected chi connectivity index (χ1v) is 8.76.